The molecule has 3 N–H and O–H groups in total. The Kier molecular flexibility index (Phi) is 4.58. The van der Waals surface area contributed by atoms with E-state index in [0.717, 1.165) is 10.6 Å². The summed E-state index contributed by atoms with van der Waals surface area (Å²) in [6.45, 7) is 0. The summed E-state index contributed by atoms with van der Waals surface area (Å²) in [6.07, 6.45) is 1.18. The molecule has 1 aliphatic rings. The summed E-state index contributed by atoms with van der Waals surface area (Å²) in [5.74, 6) is 7.62. The van der Waals surface area contributed by atoms with E-state index in [2.05, 4.69) is 29.7 Å². The fourth-order valence-corrected chi connectivity index (χ4v) is 3.80. The fraction of sp³-hybridized carbons (Fsp3) is 0.294. The van der Waals surface area contributed by atoms with Gasteiger partial charge < -0.3 is 0 Å². The van der Waals surface area contributed by atoms with E-state index < -0.39 is 0 Å². The first-order valence-electron chi connectivity index (χ1n) is 7.17. The molecule has 1 aliphatic carbocycles. The number of nitrogens with one attached hydrogen (secondary N) is 1. The van der Waals surface area contributed by atoms with E-state index in [4.69, 9.17) is 5.84 Å². The van der Waals surface area contributed by atoms with E-state index in [1.165, 1.54) is 24.1 Å². The first-order chi connectivity index (χ1) is 10.3. The molecule has 2 nitrogen and oxygen atoms in total. The number of thioether (sulfide) groups is 1. The molecule has 0 amide bonds. The molecule has 0 bridgehead atoms. The van der Waals surface area contributed by atoms with Gasteiger partial charge in [0.25, 0.3) is 0 Å². The van der Waals surface area contributed by atoms with Crippen LogP contribution >= 0.6 is 11.8 Å². The molecule has 3 rings (SSSR count). The van der Waals surface area contributed by atoms with Crippen LogP contribution in [-0.4, -0.2) is 11.8 Å². The largest absolute Gasteiger partial charge is 0.271 e. The highest BCUT2D eigenvalue weighted by atomic mass is 32.2. The first kappa shape index (κ1) is 14.6. The summed E-state index contributed by atoms with van der Waals surface area (Å²) in [5, 5.41) is 0. The van der Waals surface area contributed by atoms with E-state index in [9.17, 15) is 4.39 Å². The Morgan fingerprint density at radius 1 is 1.14 bits per heavy atom. The van der Waals surface area contributed by atoms with Crippen molar-refractivity contribution in [3.05, 3.63) is 66.0 Å². The van der Waals surface area contributed by atoms with Crippen LogP contribution in [0, 0.1) is 11.7 Å². The van der Waals surface area contributed by atoms with Crippen molar-refractivity contribution in [1.82, 2.24) is 5.43 Å². The maximum absolute atomic E-state index is 12.9. The molecule has 0 aromatic heterocycles. The van der Waals surface area contributed by atoms with Gasteiger partial charge in [0.05, 0.1) is 0 Å². The lowest BCUT2D eigenvalue weighted by Gasteiger charge is -2.15. The SMILES string of the molecule is NNC(CSc1ccc(F)cc1)C1CC1c1ccccc1. The molecule has 2 aromatic carbocycles. The molecule has 4 heteroatoms. The van der Waals surface area contributed by atoms with E-state index >= 15 is 0 Å². The minimum atomic E-state index is -0.195. The number of hydrogen-bond acceptors (Lipinski definition) is 3. The van der Waals surface area contributed by atoms with Crippen LogP contribution in [0.2, 0.25) is 0 Å². The van der Waals surface area contributed by atoms with Gasteiger partial charge >= 0.3 is 0 Å². The van der Waals surface area contributed by atoms with Crippen LogP contribution in [0.4, 0.5) is 4.39 Å². The second kappa shape index (κ2) is 6.60. The van der Waals surface area contributed by atoms with Crippen molar-refractivity contribution in [1.29, 1.82) is 0 Å². The van der Waals surface area contributed by atoms with E-state index in [-0.39, 0.29) is 11.9 Å². The lowest BCUT2D eigenvalue weighted by molar-refractivity contribution is 0.511. The number of benzene rings is 2. The lowest BCUT2D eigenvalue weighted by atomic mass is 10.1. The first-order valence-corrected chi connectivity index (χ1v) is 8.16. The van der Waals surface area contributed by atoms with Crippen LogP contribution in [0.3, 0.4) is 0 Å². The highest BCUT2D eigenvalue weighted by Crippen LogP contribution is 2.50. The van der Waals surface area contributed by atoms with Crippen molar-refractivity contribution in [3.63, 3.8) is 0 Å². The monoisotopic (exact) mass is 302 g/mol. The van der Waals surface area contributed by atoms with Crippen LogP contribution in [0.15, 0.2) is 59.5 Å². The third-order valence-electron chi connectivity index (χ3n) is 4.04. The summed E-state index contributed by atoms with van der Waals surface area (Å²) in [7, 11) is 0. The van der Waals surface area contributed by atoms with Crippen molar-refractivity contribution in [3.8, 4) is 0 Å². The summed E-state index contributed by atoms with van der Waals surface area (Å²) in [4.78, 5) is 1.08. The number of halogens is 1. The van der Waals surface area contributed by atoms with Crippen molar-refractivity contribution >= 4 is 11.8 Å². The molecule has 3 atom stereocenters. The lowest BCUT2D eigenvalue weighted by Crippen LogP contribution is -2.39. The van der Waals surface area contributed by atoms with Gasteiger partial charge in [0.2, 0.25) is 0 Å². The highest BCUT2D eigenvalue weighted by Gasteiger charge is 2.43. The van der Waals surface area contributed by atoms with Gasteiger partial charge in [-0.15, -0.1) is 11.8 Å². The molecule has 3 unspecified atom stereocenters. The molecular formula is C17H19FN2S. The fourth-order valence-electron chi connectivity index (χ4n) is 2.75. The maximum atomic E-state index is 12.9. The summed E-state index contributed by atoms with van der Waals surface area (Å²) < 4.78 is 12.9. The molecule has 1 saturated carbocycles. The average Bonchev–Trinajstić information content (AvgIpc) is 3.31. The number of hydrazine groups is 1. The Morgan fingerprint density at radius 2 is 1.86 bits per heavy atom. The molecule has 110 valence electrons. The summed E-state index contributed by atoms with van der Waals surface area (Å²) in [6, 6.07) is 17.5. The minimum Gasteiger partial charge on any atom is -0.271 e. The summed E-state index contributed by atoms with van der Waals surface area (Å²) in [5.41, 5.74) is 4.35. The standard InChI is InChI=1S/C17H19FN2S/c18-13-6-8-14(9-7-13)21-11-17(20-19)16-10-15(16)12-4-2-1-3-5-12/h1-9,15-17,20H,10-11,19H2. The Bertz CT molecular complexity index is 573. The van der Waals surface area contributed by atoms with Crippen LogP contribution in [-0.2, 0) is 0 Å². The van der Waals surface area contributed by atoms with Gasteiger partial charge in [0.1, 0.15) is 5.82 Å². The van der Waals surface area contributed by atoms with Gasteiger partial charge in [0.15, 0.2) is 0 Å². The van der Waals surface area contributed by atoms with Gasteiger partial charge in [-0.2, -0.15) is 0 Å². The maximum Gasteiger partial charge on any atom is 0.123 e. The molecule has 0 spiro atoms. The quantitative estimate of drug-likeness (QED) is 0.487. The Hall–Kier alpha value is -1.36. The average molecular weight is 302 g/mol. The van der Waals surface area contributed by atoms with Crippen molar-refractivity contribution in [2.75, 3.05) is 5.75 Å². The third kappa shape index (κ3) is 3.64. The van der Waals surface area contributed by atoms with E-state index in [1.54, 1.807) is 11.8 Å². The van der Waals surface area contributed by atoms with Gasteiger partial charge in [-0.05, 0) is 48.1 Å². The molecular weight excluding hydrogens is 283 g/mol. The van der Waals surface area contributed by atoms with Crippen molar-refractivity contribution in [2.45, 2.75) is 23.3 Å². The van der Waals surface area contributed by atoms with Gasteiger partial charge in [-0.25, -0.2) is 4.39 Å². The van der Waals surface area contributed by atoms with E-state index in [0.29, 0.717) is 11.8 Å². The normalized spacial score (nSPS) is 22.0. The minimum absolute atomic E-state index is 0.195. The highest BCUT2D eigenvalue weighted by molar-refractivity contribution is 7.99. The summed E-state index contributed by atoms with van der Waals surface area (Å²) >= 11 is 1.72. The van der Waals surface area contributed by atoms with Gasteiger partial charge in [-0.1, -0.05) is 30.3 Å². The predicted octanol–water partition coefficient (Wildman–Crippen LogP) is 3.55. The zero-order chi connectivity index (χ0) is 14.7. The smallest absolute Gasteiger partial charge is 0.123 e. The molecule has 0 heterocycles. The number of hydrogen-bond donors (Lipinski definition) is 2. The Labute approximate surface area is 128 Å². The molecule has 0 aliphatic heterocycles. The molecule has 0 radical (unpaired) electrons. The second-order valence-electron chi connectivity index (χ2n) is 5.45. The van der Waals surface area contributed by atoms with Crippen molar-refractivity contribution < 1.29 is 4.39 Å². The zero-order valence-electron chi connectivity index (χ0n) is 11.7. The number of nitrogens with two attached hydrogens (primary N) is 1. The molecule has 21 heavy (non-hydrogen) atoms. The Balaban J connectivity index is 1.56. The van der Waals surface area contributed by atoms with Crippen LogP contribution in [0.25, 0.3) is 0 Å². The van der Waals surface area contributed by atoms with Gasteiger partial charge in [-0.3, -0.25) is 11.3 Å². The van der Waals surface area contributed by atoms with Crippen LogP contribution in [0.1, 0.15) is 17.9 Å². The predicted molar refractivity (Wildman–Crippen MR) is 85.5 cm³/mol. The van der Waals surface area contributed by atoms with Crippen molar-refractivity contribution in [2.24, 2.45) is 11.8 Å². The van der Waals surface area contributed by atoms with Gasteiger partial charge in [0, 0.05) is 16.7 Å². The second-order valence-corrected chi connectivity index (χ2v) is 6.55. The molecule has 2 aromatic rings. The topological polar surface area (TPSA) is 38.0 Å². The molecule has 1 fully saturated rings. The van der Waals surface area contributed by atoms with Crippen LogP contribution in [0.5, 0.6) is 0 Å². The van der Waals surface area contributed by atoms with Crippen LogP contribution < -0.4 is 11.3 Å². The number of rotatable bonds is 6. The van der Waals surface area contributed by atoms with E-state index in [1.807, 2.05) is 18.2 Å². The molecule has 0 saturated heterocycles. The Morgan fingerprint density at radius 3 is 2.52 bits per heavy atom. The zero-order valence-corrected chi connectivity index (χ0v) is 12.5. The third-order valence-corrected chi connectivity index (χ3v) is 5.17.